The molecule has 1 fully saturated rings. The third-order valence-electron chi connectivity index (χ3n) is 3.87. The molecule has 1 saturated heterocycles. The number of amides is 2. The highest BCUT2D eigenvalue weighted by Gasteiger charge is 2.33. The molecule has 22 heavy (non-hydrogen) atoms. The van der Waals surface area contributed by atoms with Gasteiger partial charge in [-0.1, -0.05) is 18.5 Å². The molecule has 0 aromatic heterocycles. The molecule has 124 valence electrons. The van der Waals surface area contributed by atoms with Crippen LogP contribution in [0.2, 0.25) is 6.32 Å². The van der Waals surface area contributed by atoms with Gasteiger partial charge in [-0.3, -0.25) is 9.59 Å². The van der Waals surface area contributed by atoms with E-state index in [1.54, 1.807) is 11.8 Å². The first-order valence-corrected chi connectivity index (χ1v) is 8.44. The van der Waals surface area contributed by atoms with Crippen LogP contribution >= 0.6 is 12.2 Å². The molecule has 0 unspecified atom stereocenters. The first-order valence-electron chi connectivity index (χ1n) is 8.03. The second-order valence-electron chi connectivity index (χ2n) is 5.67. The number of thiocarbonyl (C=S) groups is 1. The Balaban J connectivity index is 2.63. The van der Waals surface area contributed by atoms with Gasteiger partial charge in [-0.2, -0.15) is 0 Å². The molecule has 0 aromatic carbocycles. The zero-order valence-corrected chi connectivity index (χ0v) is 14.6. The molecular weight excluding hydrogens is 299 g/mol. The summed E-state index contributed by atoms with van der Waals surface area (Å²) in [5, 5.41) is 2.57. The first-order chi connectivity index (χ1) is 10.4. The van der Waals surface area contributed by atoms with Crippen LogP contribution in [0.25, 0.3) is 0 Å². The molecule has 1 aliphatic heterocycles. The lowest BCUT2D eigenvalue weighted by Crippen LogP contribution is -2.50. The quantitative estimate of drug-likeness (QED) is 0.470. The smallest absolute Gasteiger partial charge is 0.242 e. The van der Waals surface area contributed by atoms with Gasteiger partial charge in [-0.25, -0.2) is 0 Å². The summed E-state index contributed by atoms with van der Waals surface area (Å²) in [5.41, 5.74) is 5.48. The van der Waals surface area contributed by atoms with Gasteiger partial charge in [0.05, 0.1) is 18.6 Å². The minimum Gasteiger partial charge on any atom is -0.365 e. The van der Waals surface area contributed by atoms with Crippen LogP contribution in [0, 0.1) is 0 Å². The zero-order chi connectivity index (χ0) is 16.7. The lowest BCUT2D eigenvalue weighted by atomic mass is 10.0. The van der Waals surface area contributed by atoms with Crippen molar-refractivity contribution in [3.05, 3.63) is 0 Å². The number of carbonyl (C=O) groups is 2. The van der Waals surface area contributed by atoms with Gasteiger partial charge in [0.25, 0.3) is 0 Å². The second-order valence-corrected chi connectivity index (χ2v) is 6.09. The van der Waals surface area contributed by atoms with E-state index in [4.69, 9.17) is 18.0 Å². The average molecular weight is 326 g/mol. The van der Waals surface area contributed by atoms with E-state index in [2.05, 4.69) is 25.0 Å². The van der Waals surface area contributed by atoms with Crippen molar-refractivity contribution in [2.45, 2.75) is 45.1 Å². The lowest BCUT2D eigenvalue weighted by Gasteiger charge is -2.32. The van der Waals surface area contributed by atoms with Crippen molar-refractivity contribution in [2.24, 2.45) is 5.73 Å². The van der Waals surface area contributed by atoms with E-state index >= 15 is 0 Å². The van der Waals surface area contributed by atoms with Gasteiger partial charge in [0, 0.05) is 19.6 Å². The molecule has 1 heterocycles. The maximum Gasteiger partial charge on any atom is 0.242 e. The fraction of sp³-hybridized carbons (Fsp3) is 0.786. The minimum atomic E-state index is -0.608. The number of likely N-dealkylation sites (tertiary alicyclic amines) is 1. The van der Waals surface area contributed by atoms with Crippen molar-refractivity contribution in [1.29, 1.82) is 0 Å². The summed E-state index contributed by atoms with van der Waals surface area (Å²) >= 11 is 5.60. The summed E-state index contributed by atoms with van der Waals surface area (Å²) in [7, 11) is 2.12. The lowest BCUT2D eigenvalue weighted by molar-refractivity contribution is -0.132. The Kier molecular flexibility index (Phi) is 7.82. The highest BCUT2D eigenvalue weighted by atomic mass is 32.1. The van der Waals surface area contributed by atoms with Gasteiger partial charge in [0.15, 0.2) is 0 Å². The molecule has 8 heteroatoms. The monoisotopic (exact) mass is 326 g/mol. The number of carbonyl (C=O) groups excluding carboxylic acids is 2. The van der Waals surface area contributed by atoms with Crippen LogP contribution in [-0.2, 0) is 9.59 Å². The van der Waals surface area contributed by atoms with Crippen molar-refractivity contribution < 1.29 is 9.59 Å². The number of rotatable bonds is 7. The van der Waals surface area contributed by atoms with E-state index in [1.165, 1.54) is 0 Å². The summed E-state index contributed by atoms with van der Waals surface area (Å²) in [6, 6.07) is -0.635. The predicted octanol–water partition coefficient (Wildman–Crippen LogP) is -0.858. The van der Waals surface area contributed by atoms with Gasteiger partial charge in [0.2, 0.25) is 11.8 Å². The SMILES string of the molecule is BCCN(CC)C(=S)[C@@H]1CCCN1C(=O)CNC(=O)[C@H](C)N. The summed E-state index contributed by atoms with van der Waals surface area (Å²) < 4.78 is 0. The summed E-state index contributed by atoms with van der Waals surface area (Å²) in [4.78, 5) is 28.6. The minimum absolute atomic E-state index is 0.0145. The number of nitrogens with two attached hydrogens (primary N) is 1. The molecule has 3 N–H and O–H groups in total. The Hall–Kier alpha value is -1.15. The van der Waals surface area contributed by atoms with Gasteiger partial charge in [-0.15, -0.1) is 0 Å². The summed E-state index contributed by atoms with van der Waals surface area (Å²) in [5.74, 6) is -0.403. The van der Waals surface area contributed by atoms with Crippen molar-refractivity contribution in [2.75, 3.05) is 26.2 Å². The van der Waals surface area contributed by atoms with Gasteiger partial charge in [-0.05, 0) is 26.7 Å². The van der Waals surface area contributed by atoms with E-state index in [-0.39, 0.29) is 24.4 Å². The zero-order valence-electron chi connectivity index (χ0n) is 13.8. The second kappa shape index (κ2) is 9.10. The van der Waals surface area contributed by atoms with Crippen molar-refractivity contribution in [1.82, 2.24) is 15.1 Å². The maximum atomic E-state index is 12.3. The molecule has 6 nitrogen and oxygen atoms in total. The van der Waals surface area contributed by atoms with Crippen LogP contribution in [-0.4, -0.2) is 72.7 Å². The van der Waals surface area contributed by atoms with Crippen LogP contribution in [0.15, 0.2) is 0 Å². The first kappa shape index (κ1) is 18.9. The normalized spacial score (nSPS) is 18.9. The largest absolute Gasteiger partial charge is 0.365 e. The fourth-order valence-corrected chi connectivity index (χ4v) is 3.12. The van der Waals surface area contributed by atoms with E-state index in [0.717, 1.165) is 37.2 Å². The molecule has 0 spiro atoms. The Morgan fingerprint density at radius 2 is 2.23 bits per heavy atom. The number of nitrogens with zero attached hydrogens (tertiary/aromatic N) is 2. The van der Waals surface area contributed by atoms with Crippen LogP contribution in [0.5, 0.6) is 0 Å². The average Bonchev–Trinajstić information content (AvgIpc) is 2.98. The molecular formula is C14H27BN4O2S. The topological polar surface area (TPSA) is 78.7 Å². The molecule has 0 radical (unpaired) electrons. The van der Waals surface area contributed by atoms with Crippen molar-refractivity contribution in [3.8, 4) is 0 Å². The number of nitrogens with one attached hydrogen (secondary N) is 1. The van der Waals surface area contributed by atoms with E-state index < -0.39 is 6.04 Å². The molecule has 0 bridgehead atoms. The van der Waals surface area contributed by atoms with Gasteiger partial charge >= 0.3 is 0 Å². The number of hydrogen-bond donors (Lipinski definition) is 2. The molecule has 2 atom stereocenters. The van der Waals surface area contributed by atoms with E-state index in [9.17, 15) is 9.59 Å². The highest BCUT2D eigenvalue weighted by molar-refractivity contribution is 7.80. The maximum absolute atomic E-state index is 12.3. The molecule has 0 saturated carbocycles. The Morgan fingerprint density at radius 1 is 1.55 bits per heavy atom. The van der Waals surface area contributed by atoms with E-state index in [1.807, 2.05) is 0 Å². The van der Waals surface area contributed by atoms with Crippen molar-refractivity contribution >= 4 is 36.9 Å². The summed E-state index contributed by atoms with van der Waals surface area (Å²) in [6.07, 6.45) is 2.87. The molecule has 1 aliphatic rings. The van der Waals surface area contributed by atoms with Crippen LogP contribution in [0.4, 0.5) is 0 Å². The number of hydrogen-bond acceptors (Lipinski definition) is 4. The van der Waals surface area contributed by atoms with Gasteiger partial charge in [0.1, 0.15) is 12.8 Å². The van der Waals surface area contributed by atoms with Crippen molar-refractivity contribution in [3.63, 3.8) is 0 Å². The highest BCUT2D eigenvalue weighted by Crippen LogP contribution is 2.20. The Morgan fingerprint density at radius 3 is 2.77 bits per heavy atom. The fourth-order valence-electron chi connectivity index (χ4n) is 2.65. The predicted molar refractivity (Wildman–Crippen MR) is 94.6 cm³/mol. The third-order valence-corrected chi connectivity index (χ3v) is 4.40. The molecule has 0 aromatic rings. The molecule has 1 rings (SSSR count). The van der Waals surface area contributed by atoms with Crippen LogP contribution in [0.1, 0.15) is 26.7 Å². The Bertz CT molecular complexity index is 420. The molecule has 2 amide bonds. The van der Waals surface area contributed by atoms with Gasteiger partial charge < -0.3 is 20.9 Å². The standard InChI is InChI=1S/C14H27BN4O2S/c1-3-18(8-6-15)14(22)11-5-4-7-19(11)12(20)9-17-13(21)10(2)16/h10-11H,3-9,15-16H2,1-2H3,(H,17,21)/t10-,11-/m0/s1. The third kappa shape index (κ3) is 4.95. The molecule has 0 aliphatic carbocycles. The Labute approximate surface area is 139 Å². The summed E-state index contributed by atoms with van der Waals surface area (Å²) in [6.45, 7) is 6.12. The van der Waals surface area contributed by atoms with Crippen LogP contribution < -0.4 is 11.1 Å². The van der Waals surface area contributed by atoms with E-state index in [0.29, 0.717) is 6.54 Å². The van der Waals surface area contributed by atoms with Crippen LogP contribution in [0.3, 0.4) is 0 Å². The number of likely N-dealkylation sites (N-methyl/N-ethyl adjacent to an activating group) is 1.